The molecule has 0 saturated carbocycles. The highest BCUT2D eigenvalue weighted by Gasteiger charge is 2.48. The third-order valence-corrected chi connectivity index (χ3v) is 7.99. The van der Waals surface area contributed by atoms with E-state index < -0.39 is 17.7 Å². The molecule has 2 aliphatic rings. The standard InChI is InChI=1S/C30H26N2O6S/c1-16(2)17-4-6-18(7-5-17)26-25(27(33)19-8-11-22-23(14-19)38-13-12-37-22)28(34)29(35)32(26)30-31-21-10-9-20(36-3)15-24(21)39-30/h4-11,14-16,26,33H,12-13H2,1-3H3/b27-25+/t26-/m1/s1. The Morgan fingerprint density at radius 2 is 1.77 bits per heavy atom. The summed E-state index contributed by atoms with van der Waals surface area (Å²) in [5.74, 6) is 0.187. The second-order valence-corrected chi connectivity index (χ2v) is 10.7. The van der Waals surface area contributed by atoms with Gasteiger partial charge in [0, 0.05) is 5.56 Å². The lowest BCUT2D eigenvalue weighted by atomic mass is 9.93. The van der Waals surface area contributed by atoms with Gasteiger partial charge < -0.3 is 19.3 Å². The zero-order valence-electron chi connectivity index (χ0n) is 21.6. The Labute approximate surface area is 229 Å². The summed E-state index contributed by atoms with van der Waals surface area (Å²) in [6.07, 6.45) is 0. The number of ketones is 1. The third-order valence-electron chi connectivity index (χ3n) is 6.97. The van der Waals surface area contributed by atoms with Gasteiger partial charge in [0.1, 0.15) is 24.7 Å². The number of aliphatic hydroxyl groups excluding tert-OH is 1. The van der Waals surface area contributed by atoms with E-state index in [9.17, 15) is 14.7 Å². The number of hydrogen-bond acceptors (Lipinski definition) is 8. The number of aromatic nitrogens is 1. The molecule has 3 heterocycles. The van der Waals surface area contributed by atoms with Crippen molar-refractivity contribution in [3.63, 3.8) is 0 Å². The lowest BCUT2D eigenvalue weighted by molar-refractivity contribution is -0.132. The molecule has 0 spiro atoms. The maximum atomic E-state index is 13.6. The van der Waals surface area contributed by atoms with Crippen molar-refractivity contribution in [2.45, 2.75) is 25.8 Å². The van der Waals surface area contributed by atoms with E-state index in [-0.39, 0.29) is 11.3 Å². The molecule has 3 aromatic carbocycles. The van der Waals surface area contributed by atoms with Crippen LogP contribution in [0.25, 0.3) is 16.0 Å². The number of thiazole rings is 1. The van der Waals surface area contributed by atoms with Crippen molar-refractivity contribution in [2.24, 2.45) is 0 Å². The van der Waals surface area contributed by atoms with E-state index in [2.05, 4.69) is 18.8 Å². The van der Waals surface area contributed by atoms with E-state index in [1.165, 1.54) is 16.2 Å². The smallest absolute Gasteiger partial charge is 0.301 e. The van der Waals surface area contributed by atoms with E-state index in [4.69, 9.17) is 14.2 Å². The van der Waals surface area contributed by atoms with Gasteiger partial charge in [0.05, 0.1) is 28.9 Å². The zero-order valence-corrected chi connectivity index (χ0v) is 22.5. The average molecular weight is 543 g/mol. The monoisotopic (exact) mass is 542 g/mol. The number of fused-ring (bicyclic) bond motifs is 2. The number of rotatable bonds is 5. The van der Waals surface area contributed by atoms with Crippen LogP contribution in [0.2, 0.25) is 0 Å². The molecule has 1 N–H and O–H groups in total. The molecule has 0 aliphatic carbocycles. The van der Waals surface area contributed by atoms with Crippen LogP contribution in [0.1, 0.15) is 42.5 Å². The van der Waals surface area contributed by atoms with Crippen LogP contribution in [0, 0.1) is 0 Å². The molecule has 1 amide bonds. The summed E-state index contributed by atoms with van der Waals surface area (Å²) in [5, 5.41) is 11.9. The van der Waals surface area contributed by atoms with Crippen LogP contribution in [0.5, 0.6) is 17.2 Å². The average Bonchev–Trinajstić information content (AvgIpc) is 3.49. The van der Waals surface area contributed by atoms with Crippen molar-refractivity contribution in [2.75, 3.05) is 25.2 Å². The summed E-state index contributed by atoms with van der Waals surface area (Å²) in [5.41, 5.74) is 2.84. The molecule has 198 valence electrons. The van der Waals surface area contributed by atoms with Gasteiger partial charge in [-0.05, 0) is 53.4 Å². The SMILES string of the molecule is COc1ccc2nc(N3C(=O)C(=O)/C(=C(/O)c4ccc5c(c4)OCCO5)[C@H]3c3ccc(C(C)C)cc3)sc2c1. The molecule has 0 radical (unpaired) electrons. The van der Waals surface area contributed by atoms with E-state index in [0.717, 1.165) is 10.3 Å². The Balaban J connectivity index is 1.52. The Morgan fingerprint density at radius 3 is 2.49 bits per heavy atom. The summed E-state index contributed by atoms with van der Waals surface area (Å²) >= 11 is 1.29. The molecule has 0 bridgehead atoms. The fourth-order valence-electron chi connectivity index (χ4n) is 4.88. The van der Waals surface area contributed by atoms with Gasteiger partial charge in [-0.25, -0.2) is 4.98 Å². The molecule has 39 heavy (non-hydrogen) atoms. The first-order valence-electron chi connectivity index (χ1n) is 12.6. The van der Waals surface area contributed by atoms with E-state index in [1.807, 2.05) is 36.4 Å². The van der Waals surface area contributed by atoms with Crippen LogP contribution >= 0.6 is 11.3 Å². The van der Waals surface area contributed by atoms with Gasteiger partial charge in [0.25, 0.3) is 5.78 Å². The summed E-state index contributed by atoms with van der Waals surface area (Å²) in [6, 6.07) is 17.3. The lowest BCUT2D eigenvalue weighted by Crippen LogP contribution is -2.29. The van der Waals surface area contributed by atoms with Gasteiger partial charge in [0.2, 0.25) is 0 Å². The number of ether oxygens (including phenoxy) is 3. The van der Waals surface area contributed by atoms with Crippen LogP contribution in [-0.4, -0.2) is 42.1 Å². The second-order valence-electron chi connectivity index (χ2n) is 9.68. The van der Waals surface area contributed by atoms with E-state index in [1.54, 1.807) is 31.4 Å². The molecule has 1 aromatic heterocycles. The number of Topliss-reactive ketones (excluding diaryl/α,β-unsaturated/α-hetero) is 1. The number of carbonyl (C=O) groups is 2. The number of nitrogens with zero attached hydrogens (tertiary/aromatic N) is 2. The Hall–Kier alpha value is -4.37. The minimum absolute atomic E-state index is 0.00851. The molecule has 2 aliphatic heterocycles. The molecule has 8 nitrogen and oxygen atoms in total. The number of carbonyl (C=O) groups excluding carboxylic acids is 2. The number of hydrogen-bond donors (Lipinski definition) is 1. The molecule has 6 rings (SSSR count). The van der Waals surface area contributed by atoms with Crippen LogP contribution in [0.4, 0.5) is 5.13 Å². The molecule has 1 saturated heterocycles. The fourth-order valence-corrected chi connectivity index (χ4v) is 5.90. The first kappa shape index (κ1) is 24.9. The van der Waals surface area contributed by atoms with Crippen molar-refractivity contribution >= 4 is 44.1 Å². The predicted molar refractivity (Wildman–Crippen MR) is 149 cm³/mol. The molecular formula is C30H26N2O6S. The first-order valence-corrected chi connectivity index (χ1v) is 13.4. The Kier molecular flexibility index (Phi) is 6.23. The van der Waals surface area contributed by atoms with Gasteiger partial charge in [0.15, 0.2) is 16.6 Å². The van der Waals surface area contributed by atoms with Crippen molar-refractivity contribution < 1.29 is 28.9 Å². The van der Waals surface area contributed by atoms with Gasteiger partial charge in [-0.2, -0.15) is 0 Å². The second kappa shape index (κ2) is 9.74. The van der Waals surface area contributed by atoms with Gasteiger partial charge >= 0.3 is 5.91 Å². The predicted octanol–water partition coefficient (Wildman–Crippen LogP) is 5.83. The first-order chi connectivity index (χ1) is 18.9. The third kappa shape index (κ3) is 4.28. The van der Waals surface area contributed by atoms with Crippen molar-refractivity contribution in [1.29, 1.82) is 0 Å². The number of benzene rings is 3. The highest BCUT2D eigenvalue weighted by atomic mass is 32.1. The van der Waals surface area contributed by atoms with Gasteiger partial charge in [-0.1, -0.05) is 49.4 Å². The van der Waals surface area contributed by atoms with E-state index >= 15 is 0 Å². The zero-order chi connectivity index (χ0) is 27.3. The van der Waals surface area contributed by atoms with Gasteiger partial charge in [-0.3, -0.25) is 14.5 Å². The topological polar surface area (TPSA) is 98.2 Å². The maximum absolute atomic E-state index is 13.6. The van der Waals surface area contributed by atoms with Crippen LogP contribution in [-0.2, 0) is 9.59 Å². The van der Waals surface area contributed by atoms with Crippen LogP contribution in [0.3, 0.4) is 0 Å². The van der Waals surface area contributed by atoms with Crippen LogP contribution < -0.4 is 19.1 Å². The number of aliphatic hydroxyl groups is 1. The molecule has 1 fully saturated rings. The van der Waals surface area contributed by atoms with E-state index in [0.29, 0.717) is 58.2 Å². The molecule has 0 unspecified atom stereocenters. The summed E-state index contributed by atoms with van der Waals surface area (Å²) in [6.45, 7) is 5.01. The summed E-state index contributed by atoms with van der Waals surface area (Å²) in [7, 11) is 1.58. The maximum Gasteiger partial charge on any atom is 0.301 e. The van der Waals surface area contributed by atoms with Crippen LogP contribution in [0.15, 0.2) is 66.2 Å². The number of anilines is 1. The molecule has 4 aromatic rings. The Bertz CT molecular complexity index is 1640. The molecular weight excluding hydrogens is 516 g/mol. The van der Waals surface area contributed by atoms with Crippen molar-refractivity contribution in [1.82, 2.24) is 4.98 Å². The fraction of sp³-hybridized carbons (Fsp3) is 0.233. The minimum atomic E-state index is -0.873. The quantitative estimate of drug-likeness (QED) is 0.193. The highest BCUT2D eigenvalue weighted by molar-refractivity contribution is 7.22. The largest absolute Gasteiger partial charge is 0.507 e. The minimum Gasteiger partial charge on any atom is -0.507 e. The van der Waals surface area contributed by atoms with Crippen molar-refractivity contribution in [3.8, 4) is 17.2 Å². The Morgan fingerprint density at radius 1 is 1.03 bits per heavy atom. The molecule has 9 heteroatoms. The molecule has 1 atom stereocenters. The number of amides is 1. The lowest BCUT2D eigenvalue weighted by Gasteiger charge is -2.23. The summed E-state index contributed by atoms with van der Waals surface area (Å²) in [4.78, 5) is 33.2. The normalized spacial score (nSPS) is 18.3. The summed E-state index contributed by atoms with van der Waals surface area (Å²) < 4.78 is 17.4. The number of methoxy groups -OCH3 is 1. The van der Waals surface area contributed by atoms with Crippen molar-refractivity contribution in [3.05, 3.63) is 82.9 Å². The highest BCUT2D eigenvalue weighted by Crippen LogP contribution is 2.45. The van der Waals surface area contributed by atoms with Gasteiger partial charge in [-0.15, -0.1) is 0 Å².